The molecule has 1 fully saturated rings. The largest absolute Gasteiger partial charge is 0.431 e. The summed E-state index contributed by atoms with van der Waals surface area (Å²) in [5, 5.41) is 0. The van der Waals surface area contributed by atoms with Crippen LogP contribution < -0.4 is 0 Å². The predicted octanol–water partition coefficient (Wildman–Crippen LogP) is 3.93. The molecule has 0 radical (unpaired) electrons. The van der Waals surface area contributed by atoms with Crippen LogP contribution in [0, 0.1) is 11.8 Å². The van der Waals surface area contributed by atoms with Gasteiger partial charge in [-0.25, -0.2) is 0 Å². The first kappa shape index (κ1) is 14.0. The van der Waals surface area contributed by atoms with Gasteiger partial charge in [0, 0.05) is 5.56 Å². The van der Waals surface area contributed by atoms with Crippen molar-refractivity contribution in [2.24, 2.45) is 0 Å². The summed E-state index contributed by atoms with van der Waals surface area (Å²) in [6.07, 6.45) is -3.29. The maximum atomic E-state index is 13.0. The molecule has 1 saturated heterocycles. The van der Waals surface area contributed by atoms with Crippen molar-refractivity contribution < 1.29 is 17.9 Å². The molecule has 0 aliphatic carbocycles. The highest BCUT2D eigenvalue weighted by atomic mass is 19.4. The van der Waals surface area contributed by atoms with Gasteiger partial charge < -0.3 is 4.74 Å². The fraction of sp³-hybridized carbons (Fsp3) is 0.467. The highest BCUT2D eigenvalue weighted by Gasteiger charge is 2.72. The Bertz CT molecular complexity index is 484. The predicted molar refractivity (Wildman–Crippen MR) is 66.5 cm³/mol. The molecule has 0 amide bonds. The second-order valence-corrected chi connectivity index (χ2v) is 4.60. The number of unbranched alkanes of at least 4 members (excludes halogenated alkanes) is 1. The molecule has 0 spiro atoms. The number of ether oxygens (including phenoxy) is 1. The molecule has 2 atom stereocenters. The SMILES string of the molecule is CCCC[C@@H]1O[C@@]1(C#Cc1ccccc1)C(F)(F)F. The number of halogens is 3. The van der Waals surface area contributed by atoms with Gasteiger partial charge in [0.1, 0.15) is 6.10 Å². The lowest BCUT2D eigenvalue weighted by Crippen LogP contribution is -2.33. The molecule has 0 saturated carbocycles. The van der Waals surface area contributed by atoms with Gasteiger partial charge in [0.2, 0.25) is 0 Å². The van der Waals surface area contributed by atoms with E-state index in [0.717, 1.165) is 12.8 Å². The van der Waals surface area contributed by atoms with Crippen molar-refractivity contribution in [3.8, 4) is 11.8 Å². The van der Waals surface area contributed by atoms with E-state index in [9.17, 15) is 13.2 Å². The fourth-order valence-electron chi connectivity index (χ4n) is 1.96. The van der Waals surface area contributed by atoms with Gasteiger partial charge in [0.25, 0.3) is 5.60 Å². The topological polar surface area (TPSA) is 12.5 Å². The molecular formula is C15H15F3O. The van der Waals surface area contributed by atoms with Gasteiger partial charge in [0.05, 0.1) is 0 Å². The lowest BCUT2D eigenvalue weighted by Gasteiger charge is -2.10. The van der Waals surface area contributed by atoms with E-state index in [0.29, 0.717) is 12.0 Å². The van der Waals surface area contributed by atoms with Gasteiger partial charge in [-0.2, -0.15) is 13.2 Å². The summed E-state index contributed by atoms with van der Waals surface area (Å²) in [6.45, 7) is 1.94. The van der Waals surface area contributed by atoms with Crippen LogP contribution in [-0.2, 0) is 4.74 Å². The van der Waals surface area contributed by atoms with Crippen molar-refractivity contribution in [2.75, 3.05) is 0 Å². The Balaban J connectivity index is 2.17. The van der Waals surface area contributed by atoms with E-state index in [4.69, 9.17) is 4.74 Å². The summed E-state index contributed by atoms with van der Waals surface area (Å²) in [5.41, 5.74) is -1.69. The second kappa shape index (κ2) is 5.26. The minimum absolute atomic E-state index is 0.402. The third-order valence-corrected chi connectivity index (χ3v) is 3.13. The summed E-state index contributed by atoms with van der Waals surface area (Å²) >= 11 is 0. The number of hydrogen-bond donors (Lipinski definition) is 0. The summed E-state index contributed by atoms with van der Waals surface area (Å²) in [4.78, 5) is 0. The molecule has 2 rings (SSSR count). The van der Waals surface area contributed by atoms with Crippen LogP contribution in [0.1, 0.15) is 31.7 Å². The van der Waals surface area contributed by atoms with Crippen LogP contribution in [0.5, 0.6) is 0 Å². The van der Waals surface area contributed by atoms with Crippen molar-refractivity contribution in [3.05, 3.63) is 35.9 Å². The monoisotopic (exact) mass is 268 g/mol. The van der Waals surface area contributed by atoms with E-state index < -0.39 is 17.9 Å². The first-order chi connectivity index (χ1) is 8.99. The minimum Gasteiger partial charge on any atom is -0.344 e. The molecule has 0 bridgehead atoms. The Morgan fingerprint density at radius 1 is 1.26 bits per heavy atom. The molecule has 1 aliphatic rings. The Kier molecular flexibility index (Phi) is 3.86. The summed E-state index contributed by atoms with van der Waals surface area (Å²) in [7, 11) is 0. The number of benzene rings is 1. The maximum Gasteiger partial charge on any atom is 0.431 e. The molecule has 1 aromatic carbocycles. The van der Waals surface area contributed by atoms with Crippen molar-refractivity contribution >= 4 is 0 Å². The highest BCUT2D eigenvalue weighted by molar-refractivity contribution is 5.40. The lowest BCUT2D eigenvalue weighted by molar-refractivity contribution is -0.167. The zero-order chi connectivity index (χ0) is 13.9. The molecular weight excluding hydrogens is 253 g/mol. The van der Waals surface area contributed by atoms with E-state index in [-0.39, 0.29) is 0 Å². The molecule has 1 aromatic rings. The number of hydrogen-bond acceptors (Lipinski definition) is 1. The van der Waals surface area contributed by atoms with Crippen LogP contribution in [0.25, 0.3) is 0 Å². The minimum atomic E-state index is -4.44. The van der Waals surface area contributed by atoms with Gasteiger partial charge >= 0.3 is 6.18 Å². The average molecular weight is 268 g/mol. The normalized spacial score (nSPS) is 25.6. The molecule has 0 aromatic heterocycles. The Hall–Kier alpha value is -1.47. The number of rotatable bonds is 3. The molecule has 1 heterocycles. The van der Waals surface area contributed by atoms with Crippen molar-refractivity contribution in [3.63, 3.8) is 0 Å². The smallest absolute Gasteiger partial charge is 0.344 e. The van der Waals surface area contributed by atoms with Crippen LogP contribution in [0.4, 0.5) is 13.2 Å². The summed E-state index contributed by atoms with van der Waals surface area (Å²) in [5.74, 6) is 4.85. The van der Waals surface area contributed by atoms with Crippen molar-refractivity contribution in [1.82, 2.24) is 0 Å². The standard InChI is InChI=1S/C15H15F3O/c1-2-3-9-13-14(19-13,15(16,17)18)11-10-12-7-5-4-6-8-12/h4-8,13H,2-3,9H2,1H3/t13-,14+/m0/s1. The number of epoxide rings is 1. The third kappa shape index (κ3) is 2.93. The highest BCUT2D eigenvalue weighted by Crippen LogP contribution is 2.51. The van der Waals surface area contributed by atoms with E-state index >= 15 is 0 Å². The van der Waals surface area contributed by atoms with E-state index in [1.54, 1.807) is 30.3 Å². The zero-order valence-electron chi connectivity index (χ0n) is 10.6. The van der Waals surface area contributed by atoms with Crippen LogP contribution in [0.15, 0.2) is 30.3 Å². The van der Waals surface area contributed by atoms with E-state index in [1.807, 2.05) is 6.92 Å². The molecule has 0 unspecified atom stereocenters. The third-order valence-electron chi connectivity index (χ3n) is 3.13. The van der Waals surface area contributed by atoms with E-state index in [2.05, 4.69) is 11.8 Å². The molecule has 0 N–H and O–H groups in total. The molecule has 102 valence electrons. The maximum absolute atomic E-state index is 13.0. The van der Waals surface area contributed by atoms with E-state index in [1.165, 1.54) is 0 Å². The lowest BCUT2D eigenvalue weighted by atomic mass is 10.0. The fourth-order valence-corrected chi connectivity index (χ4v) is 1.96. The first-order valence-electron chi connectivity index (χ1n) is 6.32. The Morgan fingerprint density at radius 2 is 1.95 bits per heavy atom. The molecule has 1 aliphatic heterocycles. The first-order valence-corrected chi connectivity index (χ1v) is 6.32. The van der Waals surface area contributed by atoms with Crippen LogP contribution in [-0.4, -0.2) is 17.9 Å². The van der Waals surface area contributed by atoms with Gasteiger partial charge in [0.15, 0.2) is 0 Å². The quantitative estimate of drug-likeness (QED) is 0.597. The second-order valence-electron chi connectivity index (χ2n) is 4.60. The van der Waals surface area contributed by atoms with Crippen LogP contribution in [0.3, 0.4) is 0 Å². The Morgan fingerprint density at radius 3 is 2.53 bits per heavy atom. The van der Waals surface area contributed by atoms with Gasteiger partial charge in [-0.15, -0.1) is 0 Å². The summed E-state index contributed by atoms with van der Waals surface area (Å²) < 4.78 is 44.0. The van der Waals surface area contributed by atoms with Gasteiger partial charge in [-0.1, -0.05) is 49.8 Å². The summed E-state index contributed by atoms with van der Waals surface area (Å²) in [6, 6.07) is 8.64. The zero-order valence-corrected chi connectivity index (χ0v) is 10.6. The Labute approximate surface area is 110 Å². The number of alkyl halides is 3. The van der Waals surface area contributed by atoms with Crippen molar-refractivity contribution in [2.45, 2.75) is 44.1 Å². The average Bonchev–Trinajstić information content (AvgIpc) is 3.10. The van der Waals surface area contributed by atoms with Crippen molar-refractivity contribution in [1.29, 1.82) is 0 Å². The van der Waals surface area contributed by atoms with Gasteiger partial charge in [-0.3, -0.25) is 0 Å². The molecule has 4 heteroatoms. The van der Waals surface area contributed by atoms with Crippen LogP contribution in [0.2, 0.25) is 0 Å². The molecule has 19 heavy (non-hydrogen) atoms. The van der Waals surface area contributed by atoms with Gasteiger partial charge in [-0.05, 0) is 18.6 Å². The van der Waals surface area contributed by atoms with Crippen LogP contribution >= 0.6 is 0 Å². The molecule has 1 nitrogen and oxygen atoms in total.